The molecule has 166 valence electrons. The zero-order valence-corrected chi connectivity index (χ0v) is 18.8. The number of hydrazone groups is 1. The molecule has 3 aromatic rings. The van der Waals surface area contributed by atoms with Gasteiger partial charge in [0.05, 0.1) is 29.1 Å². The predicted molar refractivity (Wildman–Crippen MR) is 124 cm³/mol. The minimum Gasteiger partial charge on any atom is -0.494 e. The molecule has 0 bridgehead atoms. The van der Waals surface area contributed by atoms with E-state index in [1.807, 2.05) is 6.92 Å². The summed E-state index contributed by atoms with van der Waals surface area (Å²) in [6.45, 7) is 1.84. The van der Waals surface area contributed by atoms with Gasteiger partial charge in [-0.25, -0.2) is 13.8 Å². The summed E-state index contributed by atoms with van der Waals surface area (Å²) in [5, 5.41) is 4.25. The number of pyridine rings is 1. The molecule has 0 atom stereocenters. The smallest absolute Gasteiger partial charge is 0.264 e. The van der Waals surface area contributed by atoms with Crippen LogP contribution in [0.1, 0.15) is 12.6 Å². The highest BCUT2D eigenvalue weighted by Gasteiger charge is 2.27. The number of sulfonamides is 1. The topological polar surface area (TPSA) is 101 Å². The number of hydrogen-bond donors (Lipinski definition) is 1. The van der Waals surface area contributed by atoms with Crippen LogP contribution >= 0.6 is 11.6 Å². The van der Waals surface area contributed by atoms with Crippen molar-refractivity contribution in [2.24, 2.45) is 5.10 Å². The number of benzene rings is 2. The number of anilines is 1. The highest BCUT2D eigenvalue weighted by atomic mass is 35.5. The quantitative estimate of drug-likeness (QED) is 0.379. The van der Waals surface area contributed by atoms with Gasteiger partial charge in [0.15, 0.2) is 0 Å². The molecule has 0 radical (unpaired) electrons. The second-order valence-corrected chi connectivity index (χ2v) is 8.74. The van der Waals surface area contributed by atoms with Crippen LogP contribution in [0.2, 0.25) is 5.02 Å². The molecule has 0 aliphatic rings. The maximum atomic E-state index is 13.3. The van der Waals surface area contributed by atoms with Crippen LogP contribution in [-0.4, -0.2) is 38.7 Å². The first-order chi connectivity index (χ1) is 15.4. The van der Waals surface area contributed by atoms with E-state index < -0.39 is 22.5 Å². The summed E-state index contributed by atoms with van der Waals surface area (Å²) in [6, 6.07) is 17.4. The van der Waals surface area contributed by atoms with Gasteiger partial charge in [-0.3, -0.25) is 14.1 Å². The van der Waals surface area contributed by atoms with Gasteiger partial charge in [0.1, 0.15) is 12.3 Å². The highest BCUT2D eigenvalue weighted by molar-refractivity contribution is 7.92. The van der Waals surface area contributed by atoms with Crippen LogP contribution < -0.4 is 14.5 Å². The zero-order chi connectivity index (χ0) is 23.0. The van der Waals surface area contributed by atoms with Crippen LogP contribution in [-0.2, 0) is 14.8 Å². The van der Waals surface area contributed by atoms with Crippen LogP contribution in [0, 0.1) is 0 Å². The lowest BCUT2D eigenvalue weighted by Gasteiger charge is -2.24. The summed E-state index contributed by atoms with van der Waals surface area (Å²) in [5.74, 6) is -0.0342. The number of carbonyl (C=O) groups is 1. The fraction of sp³-hybridized carbons (Fsp3) is 0.136. The van der Waals surface area contributed by atoms with Gasteiger partial charge >= 0.3 is 0 Å². The fourth-order valence-electron chi connectivity index (χ4n) is 2.71. The molecular formula is C22H21ClN4O4S. The maximum Gasteiger partial charge on any atom is 0.264 e. The van der Waals surface area contributed by atoms with Crippen molar-refractivity contribution in [1.82, 2.24) is 10.4 Å². The van der Waals surface area contributed by atoms with Crippen molar-refractivity contribution in [2.45, 2.75) is 11.8 Å². The Morgan fingerprint density at radius 3 is 2.47 bits per heavy atom. The number of halogens is 1. The van der Waals surface area contributed by atoms with Gasteiger partial charge < -0.3 is 4.74 Å². The fourth-order valence-corrected chi connectivity index (χ4v) is 4.26. The molecule has 0 unspecified atom stereocenters. The molecule has 0 fully saturated rings. The van der Waals surface area contributed by atoms with Crippen molar-refractivity contribution in [3.05, 3.63) is 83.6 Å². The van der Waals surface area contributed by atoms with Crippen LogP contribution in [0.25, 0.3) is 0 Å². The average Bonchev–Trinajstić information content (AvgIpc) is 2.79. The van der Waals surface area contributed by atoms with E-state index in [2.05, 4.69) is 15.5 Å². The SMILES string of the molecule is CCOc1ccc(N(CC(=O)N/N=C/c2ccccn2)S(=O)(=O)c2ccc(Cl)cc2)cc1. The predicted octanol–water partition coefficient (Wildman–Crippen LogP) is 3.48. The Labute approximate surface area is 191 Å². The van der Waals surface area contributed by atoms with E-state index in [1.165, 1.54) is 30.5 Å². The highest BCUT2D eigenvalue weighted by Crippen LogP contribution is 2.26. The third-order valence-corrected chi connectivity index (χ3v) is 6.24. The molecule has 1 heterocycles. The van der Waals surface area contributed by atoms with Gasteiger partial charge in [-0.15, -0.1) is 0 Å². The molecule has 2 aromatic carbocycles. The normalized spacial score (nSPS) is 11.3. The number of nitrogens with one attached hydrogen (secondary N) is 1. The molecule has 10 heteroatoms. The largest absolute Gasteiger partial charge is 0.494 e. The summed E-state index contributed by atoms with van der Waals surface area (Å²) >= 11 is 5.89. The third-order valence-electron chi connectivity index (χ3n) is 4.20. The number of nitrogens with zero attached hydrogens (tertiary/aromatic N) is 3. The van der Waals surface area contributed by atoms with Gasteiger partial charge in [0.25, 0.3) is 15.9 Å². The van der Waals surface area contributed by atoms with Crippen molar-refractivity contribution >= 4 is 39.4 Å². The molecule has 0 saturated heterocycles. The minimum atomic E-state index is -4.06. The van der Waals surface area contributed by atoms with Gasteiger partial charge in [-0.2, -0.15) is 5.10 Å². The minimum absolute atomic E-state index is 0.000529. The molecule has 0 aliphatic heterocycles. The summed E-state index contributed by atoms with van der Waals surface area (Å²) in [7, 11) is -4.06. The summed E-state index contributed by atoms with van der Waals surface area (Å²) < 4.78 is 33.0. The summed E-state index contributed by atoms with van der Waals surface area (Å²) in [4.78, 5) is 16.6. The molecule has 1 aromatic heterocycles. The lowest BCUT2D eigenvalue weighted by Crippen LogP contribution is -2.39. The van der Waals surface area contributed by atoms with E-state index in [9.17, 15) is 13.2 Å². The second kappa shape index (κ2) is 10.7. The van der Waals surface area contributed by atoms with Crippen molar-refractivity contribution in [3.8, 4) is 5.75 Å². The molecule has 1 amide bonds. The lowest BCUT2D eigenvalue weighted by molar-refractivity contribution is -0.119. The number of hydrogen-bond acceptors (Lipinski definition) is 6. The molecule has 0 aliphatic carbocycles. The summed E-state index contributed by atoms with van der Waals surface area (Å²) in [6.07, 6.45) is 2.96. The first-order valence-corrected chi connectivity index (χ1v) is 11.5. The first-order valence-electron chi connectivity index (χ1n) is 9.64. The third kappa shape index (κ3) is 6.05. The Hall–Kier alpha value is -3.43. The van der Waals surface area contributed by atoms with Crippen molar-refractivity contribution in [3.63, 3.8) is 0 Å². The Morgan fingerprint density at radius 1 is 1.12 bits per heavy atom. The number of carbonyl (C=O) groups excluding carboxylic acids is 1. The van der Waals surface area contributed by atoms with E-state index in [4.69, 9.17) is 16.3 Å². The second-order valence-electron chi connectivity index (χ2n) is 6.44. The van der Waals surface area contributed by atoms with Crippen LogP contribution in [0.3, 0.4) is 0 Å². The summed E-state index contributed by atoms with van der Waals surface area (Å²) in [5.41, 5.74) is 3.18. The van der Waals surface area contributed by atoms with Crippen molar-refractivity contribution in [1.29, 1.82) is 0 Å². The molecular weight excluding hydrogens is 452 g/mol. The Kier molecular flexibility index (Phi) is 7.80. The van der Waals surface area contributed by atoms with E-state index in [1.54, 1.807) is 48.7 Å². The molecule has 1 N–H and O–H groups in total. The Bertz CT molecular complexity index is 1170. The van der Waals surface area contributed by atoms with Crippen LogP contribution in [0.15, 0.2) is 82.9 Å². The molecule has 8 nitrogen and oxygen atoms in total. The number of ether oxygens (including phenoxy) is 1. The zero-order valence-electron chi connectivity index (χ0n) is 17.2. The average molecular weight is 473 g/mol. The van der Waals surface area contributed by atoms with Crippen LogP contribution in [0.5, 0.6) is 5.75 Å². The molecule has 3 rings (SSSR count). The van der Waals surface area contributed by atoms with E-state index in [0.29, 0.717) is 28.8 Å². The maximum absolute atomic E-state index is 13.3. The lowest BCUT2D eigenvalue weighted by atomic mass is 10.3. The van der Waals surface area contributed by atoms with Crippen molar-refractivity contribution < 1.29 is 17.9 Å². The van der Waals surface area contributed by atoms with Gasteiger partial charge in [0, 0.05) is 11.2 Å². The van der Waals surface area contributed by atoms with Gasteiger partial charge in [0.2, 0.25) is 0 Å². The monoisotopic (exact) mass is 472 g/mol. The Morgan fingerprint density at radius 2 is 1.84 bits per heavy atom. The number of rotatable bonds is 9. The molecule has 0 saturated carbocycles. The van der Waals surface area contributed by atoms with E-state index in [-0.39, 0.29) is 4.90 Å². The van der Waals surface area contributed by atoms with E-state index >= 15 is 0 Å². The Balaban J connectivity index is 1.85. The van der Waals surface area contributed by atoms with Crippen molar-refractivity contribution in [2.75, 3.05) is 17.5 Å². The van der Waals surface area contributed by atoms with E-state index in [0.717, 1.165) is 4.31 Å². The first kappa shape index (κ1) is 23.2. The van der Waals surface area contributed by atoms with Crippen LogP contribution in [0.4, 0.5) is 5.69 Å². The standard InChI is InChI=1S/C22H21ClN4O4S/c1-2-31-20-10-8-19(9-11-20)27(32(29,30)21-12-6-17(23)7-13-21)16-22(28)26-25-15-18-5-3-4-14-24-18/h3-15H,2,16H2,1H3,(H,26,28)/b25-15+. The number of aromatic nitrogens is 1. The van der Waals surface area contributed by atoms with Gasteiger partial charge in [-0.05, 0) is 67.6 Å². The molecule has 32 heavy (non-hydrogen) atoms. The number of amides is 1. The molecule has 0 spiro atoms. The van der Waals surface area contributed by atoms with Gasteiger partial charge in [-0.1, -0.05) is 17.7 Å².